The number of amides is 2. The van der Waals surface area contributed by atoms with Crippen molar-refractivity contribution in [2.45, 2.75) is 32.0 Å². The quantitative estimate of drug-likeness (QED) is 0.478. The standard InChI is InChI=1S/C17H16N2O4/c1-9-4-5-10(8-11(9)18-22)19-14(20)12-13(15(19)21)17(3)7-6-16(12,2)23-17/h4-8,12-13H,1-3H3. The number of nitroso groups, excluding NO2 is 1. The van der Waals surface area contributed by atoms with Crippen LogP contribution < -0.4 is 4.90 Å². The number of carbonyl (C=O) groups is 2. The summed E-state index contributed by atoms with van der Waals surface area (Å²) in [5, 5.41) is 2.96. The third kappa shape index (κ3) is 1.61. The average Bonchev–Trinajstić information content (AvgIpc) is 3.05. The zero-order chi connectivity index (χ0) is 16.6. The topological polar surface area (TPSA) is 76.0 Å². The molecule has 0 N–H and O–H groups in total. The first-order valence-electron chi connectivity index (χ1n) is 7.53. The molecular formula is C17H16N2O4. The van der Waals surface area contributed by atoms with Crippen LogP contribution in [0.1, 0.15) is 19.4 Å². The zero-order valence-corrected chi connectivity index (χ0v) is 13.1. The molecule has 6 nitrogen and oxygen atoms in total. The predicted octanol–water partition coefficient (Wildman–Crippen LogP) is 2.62. The first-order valence-corrected chi connectivity index (χ1v) is 7.53. The van der Waals surface area contributed by atoms with Gasteiger partial charge in [0.25, 0.3) is 0 Å². The molecule has 3 heterocycles. The van der Waals surface area contributed by atoms with E-state index in [9.17, 15) is 14.5 Å². The molecule has 0 aliphatic carbocycles. The fraction of sp³-hybridized carbons (Fsp3) is 0.412. The Balaban J connectivity index is 1.81. The minimum Gasteiger partial charge on any atom is -0.359 e. The molecule has 0 aromatic heterocycles. The third-order valence-electron chi connectivity index (χ3n) is 5.28. The van der Waals surface area contributed by atoms with Gasteiger partial charge in [0.2, 0.25) is 11.8 Å². The van der Waals surface area contributed by atoms with E-state index >= 15 is 0 Å². The maximum atomic E-state index is 12.9. The lowest BCUT2D eigenvalue weighted by atomic mass is 9.73. The molecule has 4 rings (SSSR count). The van der Waals surface area contributed by atoms with Gasteiger partial charge in [-0.05, 0) is 43.6 Å². The minimum atomic E-state index is -0.753. The van der Waals surface area contributed by atoms with E-state index in [1.807, 2.05) is 26.0 Å². The van der Waals surface area contributed by atoms with Gasteiger partial charge in [0.05, 0.1) is 28.7 Å². The van der Waals surface area contributed by atoms with Gasteiger partial charge in [-0.1, -0.05) is 18.2 Å². The van der Waals surface area contributed by atoms with Gasteiger partial charge in [0.15, 0.2) is 0 Å². The highest BCUT2D eigenvalue weighted by Crippen LogP contribution is 2.57. The molecule has 23 heavy (non-hydrogen) atoms. The summed E-state index contributed by atoms with van der Waals surface area (Å²) in [4.78, 5) is 37.9. The fourth-order valence-corrected chi connectivity index (χ4v) is 4.12. The normalized spacial score (nSPS) is 37.6. The monoisotopic (exact) mass is 312 g/mol. The van der Waals surface area contributed by atoms with Crippen molar-refractivity contribution in [1.82, 2.24) is 0 Å². The number of hydrogen-bond acceptors (Lipinski definition) is 5. The number of carbonyl (C=O) groups excluding carboxylic acids is 2. The number of imide groups is 1. The number of aryl methyl sites for hydroxylation is 1. The maximum absolute atomic E-state index is 12.9. The number of anilines is 1. The number of rotatable bonds is 2. The summed E-state index contributed by atoms with van der Waals surface area (Å²) in [5.41, 5.74) is -0.183. The molecule has 2 amide bonds. The number of benzene rings is 1. The van der Waals surface area contributed by atoms with Crippen LogP contribution in [0, 0.1) is 23.7 Å². The van der Waals surface area contributed by atoms with Crippen LogP contribution in [0.5, 0.6) is 0 Å². The molecule has 2 fully saturated rings. The number of fused-ring (bicyclic) bond motifs is 5. The van der Waals surface area contributed by atoms with Crippen LogP contribution in [0.2, 0.25) is 0 Å². The van der Waals surface area contributed by atoms with Crippen LogP contribution in [0.15, 0.2) is 35.5 Å². The van der Waals surface area contributed by atoms with E-state index in [1.54, 1.807) is 19.1 Å². The predicted molar refractivity (Wildman–Crippen MR) is 83.1 cm³/mol. The first-order chi connectivity index (χ1) is 10.8. The fourth-order valence-electron chi connectivity index (χ4n) is 4.12. The van der Waals surface area contributed by atoms with Crippen molar-refractivity contribution >= 4 is 23.2 Å². The van der Waals surface area contributed by atoms with E-state index in [0.717, 1.165) is 0 Å². The van der Waals surface area contributed by atoms with Crippen LogP contribution in [0.25, 0.3) is 0 Å². The van der Waals surface area contributed by atoms with Crippen molar-refractivity contribution < 1.29 is 14.3 Å². The Kier molecular flexibility index (Phi) is 2.57. The second-order valence-corrected chi connectivity index (χ2v) is 6.83. The molecular weight excluding hydrogens is 296 g/mol. The molecule has 0 saturated carbocycles. The number of nitrogens with zero attached hydrogens (tertiary/aromatic N) is 2. The summed E-state index contributed by atoms with van der Waals surface area (Å²) in [7, 11) is 0. The molecule has 3 aliphatic rings. The van der Waals surface area contributed by atoms with Crippen molar-refractivity contribution in [2.24, 2.45) is 17.0 Å². The largest absolute Gasteiger partial charge is 0.359 e. The van der Waals surface area contributed by atoms with Crippen molar-refractivity contribution in [3.05, 3.63) is 40.8 Å². The van der Waals surface area contributed by atoms with E-state index in [1.165, 1.54) is 11.0 Å². The summed E-state index contributed by atoms with van der Waals surface area (Å²) in [5.74, 6) is -1.62. The SMILES string of the molecule is Cc1ccc(N2C(=O)C3C(C2=O)C2(C)C=CC3(C)O2)cc1N=O. The lowest BCUT2D eigenvalue weighted by Gasteiger charge is -2.25. The van der Waals surface area contributed by atoms with Gasteiger partial charge in [-0.15, -0.1) is 4.91 Å². The summed E-state index contributed by atoms with van der Waals surface area (Å²) in [6.45, 7) is 5.42. The summed E-state index contributed by atoms with van der Waals surface area (Å²) >= 11 is 0. The Hall–Kier alpha value is -2.34. The van der Waals surface area contributed by atoms with Gasteiger partial charge in [0, 0.05) is 0 Å². The van der Waals surface area contributed by atoms with E-state index in [2.05, 4.69) is 5.18 Å². The van der Waals surface area contributed by atoms with Crippen LogP contribution in [-0.2, 0) is 14.3 Å². The molecule has 1 aromatic rings. The second-order valence-electron chi connectivity index (χ2n) is 6.83. The van der Waals surface area contributed by atoms with E-state index < -0.39 is 23.0 Å². The lowest BCUT2D eigenvalue weighted by molar-refractivity contribution is -0.128. The first kappa shape index (κ1) is 14.3. The highest BCUT2D eigenvalue weighted by Gasteiger charge is 2.70. The van der Waals surface area contributed by atoms with E-state index in [-0.39, 0.29) is 17.5 Å². The molecule has 3 aliphatic heterocycles. The summed E-state index contributed by atoms with van der Waals surface area (Å²) in [6, 6.07) is 4.84. The minimum absolute atomic E-state index is 0.231. The van der Waals surface area contributed by atoms with Crippen molar-refractivity contribution in [2.75, 3.05) is 4.90 Å². The van der Waals surface area contributed by atoms with E-state index in [0.29, 0.717) is 11.3 Å². The number of ether oxygens (including phenoxy) is 1. The Bertz CT molecular complexity index is 766. The molecule has 1 aromatic carbocycles. The zero-order valence-electron chi connectivity index (χ0n) is 13.1. The Morgan fingerprint density at radius 3 is 2.17 bits per heavy atom. The Morgan fingerprint density at radius 1 is 1.09 bits per heavy atom. The van der Waals surface area contributed by atoms with Crippen molar-refractivity contribution in [1.29, 1.82) is 0 Å². The molecule has 0 spiro atoms. The highest BCUT2D eigenvalue weighted by atomic mass is 16.5. The molecule has 4 unspecified atom stereocenters. The molecule has 6 heteroatoms. The van der Waals surface area contributed by atoms with Crippen LogP contribution in [0.3, 0.4) is 0 Å². The molecule has 118 valence electrons. The molecule has 2 bridgehead atoms. The molecule has 2 saturated heterocycles. The van der Waals surface area contributed by atoms with Gasteiger partial charge < -0.3 is 4.74 Å². The van der Waals surface area contributed by atoms with Crippen molar-refractivity contribution in [3.8, 4) is 0 Å². The average molecular weight is 312 g/mol. The Labute approximate surface area is 133 Å². The van der Waals surface area contributed by atoms with Crippen molar-refractivity contribution in [3.63, 3.8) is 0 Å². The molecule has 0 radical (unpaired) electrons. The molecule has 4 atom stereocenters. The second kappa shape index (κ2) is 4.14. The van der Waals surface area contributed by atoms with Crippen LogP contribution >= 0.6 is 0 Å². The lowest BCUT2D eigenvalue weighted by Crippen LogP contribution is -2.39. The van der Waals surface area contributed by atoms with Gasteiger partial charge in [-0.25, -0.2) is 4.90 Å². The van der Waals surface area contributed by atoms with Gasteiger partial charge in [-0.3, -0.25) is 9.59 Å². The van der Waals surface area contributed by atoms with Crippen LogP contribution in [0.4, 0.5) is 11.4 Å². The number of hydrogen-bond donors (Lipinski definition) is 0. The summed E-state index contributed by atoms with van der Waals surface area (Å²) < 4.78 is 5.96. The highest BCUT2D eigenvalue weighted by molar-refractivity contribution is 6.23. The Morgan fingerprint density at radius 2 is 1.65 bits per heavy atom. The van der Waals surface area contributed by atoms with Gasteiger partial charge in [-0.2, -0.15) is 0 Å². The van der Waals surface area contributed by atoms with Crippen LogP contribution in [-0.4, -0.2) is 23.0 Å². The van der Waals surface area contributed by atoms with Gasteiger partial charge >= 0.3 is 0 Å². The van der Waals surface area contributed by atoms with Gasteiger partial charge in [0.1, 0.15) is 5.69 Å². The summed E-state index contributed by atoms with van der Waals surface area (Å²) in [6.07, 6.45) is 3.74. The smallest absolute Gasteiger partial charge is 0.241 e. The van der Waals surface area contributed by atoms with E-state index in [4.69, 9.17) is 4.74 Å². The maximum Gasteiger partial charge on any atom is 0.241 e. The third-order valence-corrected chi connectivity index (χ3v) is 5.28.